The highest BCUT2D eigenvalue weighted by Crippen LogP contribution is 2.63. The molecule has 0 amide bonds. The summed E-state index contributed by atoms with van der Waals surface area (Å²) in [6, 6.07) is 24.9. The molecule has 1 fully saturated rings. The van der Waals surface area contributed by atoms with Crippen LogP contribution in [-0.2, 0) is 10.9 Å². The van der Waals surface area contributed by atoms with Gasteiger partial charge in [-0.15, -0.1) is 0 Å². The van der Waals surface area contributed by atoms with Crippen LogP contribution in [-0.4, -0.2) is 57.3 Å². The molecule has 2 aliphatic rings. The summed E-state index contributed by atoms with van der Waals surface area (Å²) in [5, 5.41) is 5.68. The first-order valence-electron chi connectivity index (χ1n) is 13.8. The van der Waals surface area contributed by atoms with Crippen molar-refractivity contribution in [1.29, 1.82) is 0 Å². The molecule has 1 saturated heterocycles. The molecule has 0 bridgehead atoms. The lowest BCUT2D eigenvalue weighted by molar-refractivity contribution is -0.137. The predicted molar refractivity (Wildman–Crippen MR) is 160 cm³/mol. The van der Waals surface area contributed by atoms with Crippen LogP contribution in [0.3, 0.4) is 0 Å². The molecule has 1 aromatic heterocycles. The van der Waals surface area contributed by atoms with Gasteiger partial charge in [-0.2, -0.15) is 18.3 Å². The average molecular weight is 593 g/mol. The first-order chi connectivity index (χ1) is 20.1. The molecule has 3 heterocycles. The summed E-state index contributed by atoms with van der Waals surface area (Å²) < 4.78 is 60.5. The third kappa shape index (κ3) is 4.87. The number of nitrogens with zero attached hydrogens (tertiary/aromatic N) is 6. The van der Waals surface area contributed by atoms with Crippen molar-refractivity contribution in [3.8, 4) is 5.69 Å². The number of hydrogen-bond acceptors (Lipinski definition) is 4. The number of fused-ring (bicyclic) bond motifs is 1. The average Bonchev–Trinajstić information content (AvgIpc) is 3.30. The van der Waals surface area contributed by atoms with Crippen molar-refractivity contribution >= 4 is 30.0 Å². The van der Waals surface area contributed by atoms with E-state index in [9.17, 15) is 13.2 Å². The molecule has 0 radical (unpaired) electrons. The van der Waals surface area contributed by atoms with E-state index in [-0.39, 0.29) is 17.9 Å². The Morgan fingerprint density at radius 3 is 2.12 bits per heavy atom. The second kappa shape index (κ2) is 10.8. The topological polar surface area (TPSA) is 58.3 Å². The van der Waals surface area contributed by atoms with Gasteiger partial charge in [0.2, 0.25) is 0 Å². The molecule has 3 atom stereocenters. The number of rotatable bonds is 4. The molecule has 3 aromatic carbocycles. The van der Waals surface area contributed by atoms with Crippen molar-refractivity contribution in [2.75, 3.05) is 20.1 Å². The third-order valence-electron chi connectivity index (χ3n) is 7.53. The van der Waals surface area contributed by atoms with E-state index in [0.29, 0.717) is 30.4 Å². The van der Waals surface area contributed by atoms with Gasteiger partial charge in [-0.1, -0.05) is 60.7 Å². The van der Waals surface area contributed by atoms with Crippen LogP contribution in [0, 0.1) is 6.92 Å². The highest BCUT2D eigenvalue weighted by Gasteiger charge is 2.47. The molecule has 2 aliphatic heterocycles. The number of aliphatic imine (C=N–C) groups is 1. The van der Waals surface area contributed by atoms with Crippen LogP contribution in [0.5, 0.6) is 0 Å². The summed E-state index contributed by atoms with van der Waals surface area (Å²) in [6.07, 6.45) is -4.88. The van der Waals surface area contributed by atoms with Gasteiger partial charge in [-0.05, 0) is 45.0 Å². The molecule has 0 aliphatic carbocycles. The first-order valence-corrected chi connectivity index (χ1v) is 15.5. The van der Waals surface area contributed by atoms with Crippen LogP contribution in [0.2, 0.25) is 0 Å². The van der Waals surface area contributed by atoms with Gasteiger partial charge in [0.15, 0.2) is 13.2 Å². The molecule has 7 nitrogen and oxygen atoms in total. The quantitative estimate of drug-likeness (QED) is 0.233. The fourth-order valence-corrected chi connectivity index (χ4v) is 9.87. The number of morpholine rings is 1. The van der Waals surface area contributed by atoms with E-state index in [2.05, 4.69) is 4.67 Å². The minimum atomic E-state index is -4.58. The normalized spacial score (nSPS) is 22.9. The number of para-hydroxylation sites is 1. The number of hydrogen-bond donors (Lipinski definition) is 0. The number of alkyl halides is 3. The Bertz CT molecular complexity index is 1680. The van der Waals surface area contributed by atoms with E-state index in [4.69, 9.17) is 19.6 Å². The maximum Gasteiger partial charge on any atom is 0.418 e. The van der Waals surface area contributed by atoms with Crippen LogP contribution in [0.1, 0.15) is 30.7 Å². The van der Waals surface area contributed by atoms with Gasteiger partial charge in [0.05, 0.1) is 40.1 Å². The summed E-state index contributed by atoms with van der Waals surface area (Å²) in [5.74, 6) is 1.19. The number of halogens is 3. The number of benzene rings is 3. The van der Waals surface area contributed by atoms with E-state index >= 15 is 0 Å². The minimum absolute atomic E-state index is 0.107. The van der Waals surface area contributed by atoms with Crippen LogP contribution < -0.4 is 5.30 Å². The Morgan fingerprint density at radius 1 is 0.881 bits per heavy atom. The Morgan fingerprint density at radius 2 is 1.48 bits per heavy atom. The molecule has 4 aromatic rings. The molecule has 11 heteroatoms. The number of ether oxygens (including phenoxy) is 1. The lowest BCUT2D eigenvalue weighted by Crippen LogP contribution is -2.50. The van der Waals surface area contributed by atoms with E-state index in [0.717, 1.165) is 22.6 Å². The van der Waals surface area contributed by atoms with Gasteiger partial charge in [-0.25, -0.2) is 19.1 Å². The lowest BCUT2D eigenvalue weighted by atomic mass is 10.2. The fraction of sp³-hybridized carbons (Fsp3) is 0.290. The largest absolute Gasteiger partial charge is 0.418 e. The van der Waals surface area contributed by atoms with Gasteiger partial charge in [-0.3, -0.25) is 0 Å². The zero-order valence-corrected chi connectivity index (χ0v) is 24.7. The summed E-state index contributed by atoms with van der Waals surface area (Å²) in [5.41, 5.74) is 1.43. The predicted octanol–water partition coefficient (Wildman–Crippen LogP) is 7.32. The standard InChI is InChI=1S/C31H32F3N6OP/c1-21-19-39(20-22(2)41-21)42(37-27-18-12-11-17-26(27)31(32,33)34)28-23(3)36-40(25-15-9-6-10-16-25)30(28)35-29(38(42)4)24-13-7-5-8-14-24/h5-18,21-22H,19-20H2,1-4H3. The first kappa shape index (κ1) is 28.4. The molecule has 0 saturated carbocycles. The molecule has 42 heavy (non-hydrogen) atoms. The van der Waals surface area contributed by atoms with Gasteiger partial charge < -0.3 is 9.41 Å². The van der Waals surface area contributed by atoms with Crippen LogP contribution in [0.25, 0.3) is 5.69 Å². The summed E-state index contributed by atoms with van der Waals surface area (Å²) in [6.45, 7) is 6.83. The maximum atomic E-state index is 14.4. The minimum Gasteiger partial charge on any atom is -0.373 e. The summed E-state index contributed by atoms with van der Waals surface area (Å²) in [7, 11) is -1.31. The monoisotopic (exact) mass is 592 g/mol. The third-order valence-corrected chi connectivity index (χ3v) is 11.3. The fourth-order valence-electron chi connectivity index (χ4n) is 5.84. The summed E-state index contributed by atoms with van der Waals surface area (Å²) >= 11 is 0. The highest BCUT2D eigenvalue weighted by molar-refractivity contribution is 7.70. The Hall–Kier alpha value is -3.72. The number of aryl methyl sites for hydroxylation is 1. The van der Waals surface area contributed by atoms with Crippen molar-refractivity contribution < 1.29 is 17.9 Å². The van der Waals surface area contributed by atoms with Crippen molar-refractivity contribution in [1.82, 2.24) is 19.1 Å². The zero-order valence-electron chi connectivity index (χ0n) is 23.8. The molecule has 0 N–H and O–H groups in total. The second-order valence-electron chi connectivity index (χ2n) is 10.6. The number of amidine groups is 1. The zero-order chi connectivity index (χ0) is 29.6. The molecular formula is C31H32F3N6OP. The lowest BCUT2D eigenvalue weighted by Gasteiger charge is -2.49. The van der Waals surface area contributed by atoms with E-state index in [1.54, 1.807) is 10.7 Å². The summed E-state index contributed by atoms with van der Waals surface area (Å²) in [4.78, 5) is 5.17. The Labute approximate surface area is 243 Å². The molecule has 0 spiro atoms. The maximum absolute atomic E-state index is 14.4. The van der Waals surface area contributed by atoms with Crippen LogP contribution in [0.15, 0.2) is 94.7 Å². The smallest absolute Gasteiger partial charge is 0.373 e. The van der Waals surface area contributed by atoms with E-state index in [1.807, 2.05) is 93.2 Å². The van der Waals surface area contributed by atoms with Gasteiger partial charge in [0, 0.05) is 25.7 Å². The van der Waals surface area contributed by atoms with Crippen molar-refractivity contribution in [3.63, 3.8) is 0 Å². The molecule has 218 valence electrons. The number of aromatic nitrogens is 2. The highest BCUT2D eigenvalue weighted by atomic mass is 31.2. The molecular weight excluding hydrogens is 560 g/mol. The van der Waals surface area contributed by atoms with Crippen molar-refractivity contribution in [3.05, 3.63) is 102 Å². The van der Waals surface area contributed by atoms with Crippen LogP contribution in [0.4, 0.5) is 24.7 Å². The van der Waals surface area contributed by atoms with Gasteiger partial charge in [0.1, 0.15) is 5.84 Å². The second-order valence-corrected chi connectivity index (χ2v) is 13.6. The molecule has 3 unspecified atom stereocenters. The van der Waals surface area contributed by atoms with Gasteiger partial charge in [0.25, 0.3) is 0 Å². The van der Waals surface area contributed by atoms with Gasteiger partial charge >= 0.3 is 6.18 Å². The SMILES string of the molecule is Cc1nn(-c2ccccc2)c2c1P(=Nc1ccccc1C(F)(F)F)(N1CC(C)OC(C)C1)N(C)C(c1ccccc1)=N2. The Balaban J connectivity index is 1.75. The van der Waals surface area contributed by atoms with Crippen LogP contribution >= 0.6 is 7.36 Å². The van der Waals surface area contributed by atoms with Crippen molar-refractivity contribution in [2.24, 2.45) is 9.74 Å². The van der Waals surface area contributed by atoms with Crippen molar-refractivity contribution in [2.45, 2.75) is 39.2 Å². The molecule has 6 rings (SSSR count). The van der Waals surface area contributed by atoms with E-state index < -0.39 is 19.1 Å². The van der Waals surface area contributed by atoms with E-state index in [1.165, 1.54) is 12.1 Å². The Kier molecular flexibility index (Phi) is 7.33.